The van der Waals surface area contributed by atoms with Crippen LogP contribution < -0.4 is 4.74 Å². The molecule has 0 radical (unpaired) electrons. The lowest BCUT2D eigenvalue weighted by atomic mass is 10.4. The first kappa shape index (κ1) is 17.7. The summed E-state index contributed by atoms with van der Waals surface area (Å²) in [5, 5.41) is 3.54. The smallest absolute Gasteiger partial charge is 0.219 e. The summed E-state index contributed by atoms with van der Waals surface area (Å²) in [5.74, 6) is 0.644. The third kappa shape index (κ3) is 10.6. The summed E-state index contributed by atoms with van der Waals surface area (Å²) in [6.07, 6.45) is 3.18. The first-order valence-corrected chi connectivity index (χ1v) is 5.46. The minimum absolute atomic E-state index is 0.644. The van der Waals surface area contributed by atoms with Crippen LogP contribution >= 0.6 is 0 Å². The third-order valence-electron chi connectivity index (χ3n) is 1.31. The van der Waals surface area contributed by atoms with Gasteiger partial charge >= 0.3 is 0 Å². The summed E-state index contributed by atoms with van der Waals surface area (Å²) >= 11 is 0. The molecular weight excluding hydrogens is 218 g/mol. The predicted octanol–water partition coefficient (Wildman–Crippen LogP) is 2.85. The standard InChI is InChI=1S/C6H8N2O.C4H9NO.C2H6/c1-5-3-7-4-8-6(5)9-2;1-4(2)5-6-3;1-2/h3-4H,1-2H3;1-3H3;1-2H3. The van der Waals surface area contributed by atoms with E-state index in [1.807, 2.05) is 34.6 Å². The van der Waals surface area contributed by atoms with Crippen LogP contribution in [0.15, 0.2) is 17.7 Å². The topological polar surface area (TPSA) is 56.6 Å². The van der Waals surface area contributed by atoms with Gasteiger partial charge in [0.15, 0.2) is 0 Å². The molecule has 1 aromatic heterocycles. The Morgan fingerprint density at radius 3 is 2.06 bits per heavy atom. The highest BCUT2D eigenvalue weighted by Crippen LogP contribution is 2.08. The average Bonchev–Trinajstić information content (AvgIpc) is 2.33. The lowest BCUT2D eigenvalue weighted by molar-refractivity contribution is 0.213. The van der Waals surface area contributed by atoms with Gasteiger partial charge in [-0.25, -0.2) is 9.97 Å². The number of hydrogen-bond acceptors (Lipinski definition) is 5. The van der Waals surface area contributed by atoms with Crippen LogP contribution in [0, 0.1) is 6.92 Å². The number of hydrogen-bond donors (Lipinski definition) is 0. The Bertz CT molecular complexity index is 310. The molecule has 5 heteroatoms. The molecule has 0 aliphatic heterocycles. The lowest BCUT2D eigenvalue weighted by Gasteiger charge is -1.98. The van der Waals surface area contributed by atoms with Crippen molar-refractivity contribution in [2.75, 3.05) is 14.2 Å². The number of nitrogens with zero attached hydrogens (tertiary/aromatic N) is 3. The molecule has 1 rings (SSSR count). The maximum atomic E-state index is 4.89. The Hall–Kier alpha value is -1.65. The molecule has 1 heterocycles. The molecule has 0 aliphatic rings. The molecule has 0 saturated carbocycles. The van der Waals surface area contributed by atoms with E-state index in [1.54, 1.807) is 13.3 Å². The van der Waals surface area contributed by atoms with E-state index in [1.165, 1.54) is 13.4 Å². The van der Waals surface area contributed by atoms with Crippen LogP contribution in [0.2, 0.25) is 0 Å². The number of oxime groups is 1. The van der Waals surface area contributed by atoms with Gasteiger partial charge in [-0.1, -0.05) is 19.0 Å². The molecule has 1 aromatic rings. The normalized spacial score (nSPS) is 7.71. The van der Waals surface area contributed by atoms with Gasteiger partial charge in [-0.2, -0.15) is 0 Å². The highest BCUT2D eigenvalue weighted by molar-refractivity contribution is 5.78. The van der Waals surface area contributed by atoms with E-state index in [0.717, 1.165) is 11.3 Å². The van der Waals surface area contributed by atoms with Gasteiger partial charge in [0.25, 0.3) is 0 Å². The van der Waals surface area contributed by atoms with E-state index >= 15 is 0 Å². The van der Waals surface area contributed by atoms with Crippen LogP contribution in [-0.2, 0) is 4.84 Å². The molecule has 0 fully saturated rings. The Kier molecular flexibility index (Phi) is 13.0. The summed E-state index contributed by atoms with van der Waals surface area (Å²) in [6, 6.07) is 0. The van der Waals surface area contributed by atoms with E-state index in [4.69, 9.17) is 4.74 Å². The van der Waals surface area contributed by atoms with E-state index in [-0.39, 0.29) is 0 Å². The number of aromatic nitrogens is 2. The first-order chi connectivity index (χ1) is 8.11. The van der Waals surface area contributed by atoms with Gasteiger partial charge in [-0.3, -0.25) is 0 Å². The molecule has 0 aromatic carbocycles. The first-order valence-electron chi connectivity index (χ1n) is 5.46. The van der Waals surface area contributed by atoms with Crippen LogP contribution in [0.3, 0.4) is 0 Å². The maximum absolute atomic E-state index is 4.89. The second-order valence-electron chi connectivity index (χ2n) is 2.94. The van der Waals surface area contributed by atoms with Crippen molar-refractivity contribution in [1.29, 1.82) is 0 Å². The molecule has 0 saturated heterocycles. The highest BCUT2D eigenvalue weighted by atomic mass is 16.6. The van der Waals surface area contributed by atoms with E-state index < -0.39 is 0 Å². The van der Waals surface area contributed by atoms with Crippen molar-refractivity contribution in [3.63, 3.8) is 0 Å². The Morgan fingerprint density at radius 2 is 1.82 bits per heavy atom. The van der Waals surface area contributed by atoms with Crippen LogP contribution in [0.4, 0.5) is 0 Å². The minimum atomic E-state index is 0.644. The quantitative estimate of drug-likeness (QED) is 0.590. The zero-order valence-corrected chi connectivity index (χ0v) is 11.8. The summed E-state index contributed by atoms with van der Waals surface area (Å²) in [5.41, 5.74) is 1.90. The van der Waals surface area contributed by atoms with E-state index in [9.17, 15) is 0 Å². The fraction of sp³-hybridized carbons (Fsp3) is 0.583. The Labute approximate surface area is 104 Å². The second-order valence-corrected chi connectivity index (χ2v) is 2.94. The van der Waals surface area contributed by atoms with E-state index in [2.05, 4.69) is 20.0 Å². The molecule has 0 aliphatic carbocycles. The van der Waals surface area contributed by atoms with Gasteiger partial charge in [0.05, 0.1) is 12.8 Å². The lowest BCUT2D eigenvalue weighted by Crippen LogP contribution is -1.90. The summed E-state index contributed by atoms with van der Waals surface area (Å²) in [6.45, 7) is 9.66. The largest absolute Gasteiger partial charge is 0.481 e. The summed E-state index contributed by atoms with van der Waals surface area (Å²) < 4.78 is 4.89. The third-order valence-corrected chi connectivity index (χ3v) is 1.31. The summed E-state index contributed by atoms with van der Waals surface area (Å²) in [4.78, 5) is 12.1. The van der Waals surface area contributed by atoms with Crippen molar-refractivity contribution in [3.8, 4) is 5.88 Å². The number of ether oxygens (including phenoxy) is 1. The van der Waals surface area contributed by atoms with Crippen LogP contribution in [-0.4, -0.2) is 29.9 Å². The maximum Gasteiger partial charge on any atom is 0.219 e. The van der Waals surface area contributed by atoms with Crippen molar-refractivity contribution in [1.82, 2.24) is 9.97 Å². The monoisotopic (exact) mass is 241 g/mol. The van der Waals surface area contributed by atoms with Gasteiger partial charge in [0, 0.05) is 11.8 Å². The van der Waals surface area contributed by atoms with Crippen molar-refractivity contribution in [2.24, 2.45) is 5.16 Å². The zero-order chi connectivity index (χ0) is 13.7. The number of methoxy groups -OCH3 is 1. The molecule has 0 bridgehead atoms. The van der Waals surface area contributed by atoms with Gasteiger partial charge < -0.3 is 9.57 Å². The van der Waals surface area contributed by atoms with Crippen LogP contribution in [0.1, 0.15) is 33.3 Å². The molecular formula is C12H23N3O2. The number of rotatable bonds is 2. The van der Waals surface area contributed by atoms with Crippen molar-refractivity contribution < 1.29 is 9.57 Å². The molecule has 98 valence electrons. The summed E-state index contributed by atoms with van der Waals surface area (Å²) in [7, 11) is 3.13. The molecule has 17 heavy (non-hydrogen) atoms. The Morgan fingerprint density at radius 1 is 1.24 bits per heavy atom. The molecule has 0 spiro atoms. The molecule has 0 unspecified atom stereocenters. The van der Waals surface area contributed by atoms with Crippen molar-refractivity contribution in [2.45, 2.75) is 34.6 Å². The molecule has 5 nitrogen and oxygen atoms in total. The zero-order valence-electron chi connectivity index (χ0n) is 11.8. The predicted molar refractivity (Wildman–Crippen MR) is 70.5 cm³/mol. The van der Waals surface area contributed by atoms with Crippen molar-refractivity contribution >= 4 is 5.71 Å². The Balaban J connectivity index is 0. The highest BCUT2D eigenvalue weighted by Gasteiger charge is 1.94. The molecule has 0 N–H and O–H groups in total. The SMILES string of the molecule is CC.CON=C(C)C.COc1ncncc1C. The molecule has 0 amide bonds. The fourth-order valence-corrected chi connectivity index (χ4v) is 0.784. The average molecular weight is 241 g/mol. The van der Waals surface area contributed by atoms with E-state index in [0.29, 0.717) is 5.88 Å². The van der Waals surface area contributed by atoms with Gasteiger partial charge in [0.1, 0.15) is 13.4 Å². The number of aryl methyl sites for hydroxylation is 1. The molecule has 0 atom stereocenters. The second kappa shape index (κ2) is 12.4. The van der Waals surface area contributed by atoms with Crippen molar-refractivity contribution in [3.05, 3.63) is 18.1 Å². The minimum Gasteiger partial charge on any atom is -0.481 e. The van der Waals surface area contributed by atoms with Gasteiger partial charge in [-0.05, 0) is 20.8 Å². The van der Waals surface area contributed by atoms with Gasteiger partial charge in [0.2, 0.25) is 5.88 Å². The fourth-order valence-electron chi connectivity index (χ4n) is 0.784. The van der Waals surface area contributed by atoms with Gasteiger partial charge in [-0.15, -0.1) is 0 Å². The van der Waals surface area contributed by atoms with Crippen LogP contribution in [0.25, 0.3) is 0 Å². The van der Waals surface area contributed by atoms with Crippen LogP contribution in [0.5, 0.6) is 5.88 Å².